The van der Waals surface area contributed by atoms with Crippen molar-refractivity contribution in [1.82, 2.24) is 14.1 Å². The molecule has 3 aromatic rings. The number of halogens is 2. The first-order valence-corrected chi connectivity index (χ1v) is 7.41. The molecule has 1 aromatic carbocycles. The number of benzene rings is 1. The highest BCUT2D eigenvalue weighted by Gasteiger charge is 2.15. The Kier molecular flexibility index (Phi) is 3.87. The number of imidazole rings is 1. The highest BCUT2D eigenvalue weighted by atomic mass is 35.5. The molecular weight excluding hydrogens is 339 g/mol. The second-order valence-corrected chi connectivity index (χ2v) is 5.83. The number of fused-ring (bicyclic) bond motifs is 1. The number of amides is 1. The Morgan fingerprint density at radius 3 is 2.57 bits per heavy atom. The molecule has 0 aliphatic heterocycles. The summed E-state index contributed by atoms with van der Waals surface area (Å²) in [5.74, 6) is -0.426. The van der Waals surface area contributed by atoms with Crippen LogP contribution in [0.5, 0.6) is 0 Å². The van der Waals surface area contributed by atoms with Crippen LogP contribution in [-0.2, 0) is 14.1 Å². The van der Waals surface area contributed by atoms with Gasteiger partial charge in [-0.2, -0.15) is 0 Å². The zero-order valence-corrected chi connectivity index (χ0v) is 13.8. The topological polar surface area (TPSA) is 68.9 Å². The summed E-state index contributed by atoms with van der Waals surface area (Å²) in [7, 11) is 3.37. The quantitative estimate of drug-likeness (QED) is 0.772. The van der Waals surface area contributed by atoms with E-state index in [0.717, 1.165) is 5.52 Å². The molecule has 0 saturated carbocycles. The van der Waals surface area contributed by atoms with Crippen molar-refractivity contribution in [2.24, 2.45) is 14.1 Å². The van der Waals surface area contributed by atoms with Gasteiger partial charge in [0.05, 0.1) is 26.6 Å². The predicted molar refractivity (Wildman–Crippen MR) is 90.4 cm³/mol. The van der Waals surface area contributed by atoms with Crippen LogP contribution < -0.4 is 11.0 Å². The molecule has 3 rings (SSSR count). The van der Waals surface area contributed by atoms with E-state index in [0.29, 0.717) is 11.2 Å². The van der Waals surface area contributed by atoms with Gasteiger partial charge in [-0.25, -0.2) is 4.79 Å². The van der Waals surface area contributed by atoms with E-state index in [1.807, 2.05) is 0 Å². The number of anilines is 1. The number of pyridine rings is 1. The number of carbonyl (C=O) groups excluding carboxylic acids is 1. The number of hydrogen-bond donors (Lipinski definition) is 1. The van der Waals surface area contributed by atoms with E-state index in [1.54, 1.807) is 36.9 Å². The Morgan fingerprint density at radius 2 is 1.83 bits per heavy atom. The third-order valence-corrected chi connectivity index (χ3v) is 4.40. The molecule has 0 unspecified atom stereocenters. The van der Waals surface area contributed by atoms with E-state index >= 15 is 0 Å². The van der Waals surface area contributed by atoms with Gasteiger partial charge in [0.2, 0.25) is 0 Å². The van der Waals surface area contributed by atoms with Gasteiger partial charge >= 0.3 is 5.69 Å². The molecule has 0 bridgehead atoms. The maximum atomic E-state index is 12.3. The molecule has 0 radical (unpaired) electrons. The maximum absolute atomic E-state index is 12.3. The van der Waals surface area contributed by atoms with Crippen molar-refractivity contribution < 1.29 is 4.79 Å². The van der Waals surface area contributed by atoms with E-state index in [9.17, 15) is 9.59 Å². The average molecular weight is 351 g/mol. The minimum absolute atomic E-state index is 0.134. The van der Waals surface area contributed by atoms with Gasteiger partial charge in [-0.05, 0) is 18.2 Å². The Labute approximate surface area is 141 Å². The average Bonchev–Trinajstić information content (AvgIpc) is 2.74. The van der Waals surface area contributed by atoms with Crippen LogP contribution in [0.15, 0.2) is 35.4 Å². The van der Waals surface area contributed by atoms with Gasteiger partial charge in [-0.15, -0.1) is 0 Å². The predicted octanol–water partition coefficient (Wildman–Crippen LogP) is 2.83. The van der Waals surface area contributed by atoms with Crippen LogP contribution in [0.25, 0.3) is 11.0 Å². The first kappa shape index (κ1) is 15.6. The minimum atomic E-state index is -0.426. The summed E-state index contributed by atoms with van der Waals surface area (Å²) in [6, 6.07) is 5.20. The molecule has 0 fully saturated rings. The van der Waals surface area contributed by atoms with Gasteiger partial charge in [0.1, 0.15) is 0 Å². The van der Waals surface area contributed by atoms with E-state index in [1.165, 1.54) is 17.0 Å². The van der Waals surface area contributed by atoms with Crippen LogP contribution in [0.3, 0.4) is 0 Å². The van der Waals surface area contributed by atoms with Crippen LogP contribution >= 0.6 is 23.2 Å². The lowest BCUT2D eigenvalue weighted by Crippen LogP contribution is -2.19. The number of hydrogen-bond acceptors (Lipinski definition) is 3. The van der Waals surface area contributed by atoms with Crippen molar-refractivity contribution in [3.8, 4) is 0 Å². The summed E-state index contributed by atoms with van der Waals surface area (Å²) in [4.78, 5) is 28.1. The number of aryl methyl sites for hydroxylation is 2. The molecule has 2 aromatic heterocycles. The fraction of sp³-hybridized carbons (Fsp3) is 0.133. The van der Waals surface area contributed by atoms with Gasteiger partial charge in [0.15, 0.2) is 0 Å². The standard InChI is InChI=1S/C15H12Cl2N4O2/c1-20-11-4-3-8(5-12(11)21(2)15(20)23)19-14(22)9-6-18-7-10(16)13(9)17/h3-7H,1-2H3,(H,19,22). The summed E-state index contributed by atoms with van der Waals surface area (Å²) in [6.07, 6.45) is 2.72. The summed E-state index contributed by atoms with van der Waals surface area (Å²) < 4.78 is 3.05. The number of nitrogens with one attached hydrogen (secondary N) is 1. The van der Waals surface area contributed by atoms with Crippen molar-refractivity contribution in [3.05, 3.63) is 56.7 Å². The largest absolute Gasteiger partial charge is 0.328 e. The number of aromatic nitrogens is 3. The molecule has 23 heavy (non-hydrogen) atoms. The summed E-state index contributed by atoms with van der Waals surface area (Å²) in [6.45, 7) is 0. The van der Waals surface area contributed by atoms with Crippen LogP contribution in [0.4, 0.5) is 5.69 Å². The number of carbonyl (C=O) groups is 1. The SMILES string of the molecule is Cn1c(=O)n(C)c2cc(NC(=O)c3cncc(Cl)c3Cl)ccc21. The molecule has 2 heterocycles. The maximum Gasteiger partial charge on any atom is 0.328 e. The molecule has 0 aliphatic rings. The lowest BCUT2D eigenvalue weighted by atomic mass is 10.2. The first-order chi connectivity index (χ1) is 10.9. The Bertz CT molecular complexity index is 991. The summed E-state index contributed by atoms with van der Waals surface area (Å²) in [5, 5.41) is 3.08. The lowest BCUT2D eigenvalue weighted by Gasteiger charge is -2.07. The van der Waals surface area contributed by atoms with E-state index < -0.39 is 5.91 Å². The highest BCUT2D eigenvalue weighted by Crippen LogP contribution is 2.25. The van der Waals surface area contributed by atoms with Crippen LogP contribution in [-0.4, -0.2) is 20.0 Å². The number of nitrogens with zero attached hydrogens (tertiary/aromatic N) is 3. The lowest BCUT2D eigenvalue weighted by molar-refractivity contribution is 0.102. The zero-order valence-electron chi connectivity index (χ0n) is 12.3. The smallest absolute Gasteiger partial charge is 0.322 e. The number of rotatable bonds is 2. The summed E-state index contributed by atoms with van der Waals surface area (Å²) in [5.41, 5.74) is 2.08. The molecular formula is C15H12Cl2N4O2. The Balaban J connectivity index is 1.98. The van der Waals surface area contributed by atoms with E-state index in [-0.39, 0.29) is 21.3 Å². The Hall–Kier alpha value is -2.31. The van der Waals surface area contributed by atoms with Crippen molar-refractivity contribution in [3.63, 3.8) is 0 Å². The third kappa shape index (κ3) is 2.60. The molecule has 8 heteroatoms. The van der Waals surface area contributed by atoms with Crippen molar-refractivity contribution in [1.29, 1.82) is 0 Å². The van der Waals surface area contributed by atoms with Crippen LogP contribution in [0, 0.1) is 0 Å². The van der Waals surface area contributed by atoms with Gasteiger partial charge in [-0.1, -0.05) is 23.2 Å². The van der Waals surface area contributed by atoms with Crippen molar-refractivity contribution in [2.45, 2.75) is 0 Å². The van der Waals surface area contributed by atoms with E-state index in [4.69, 9.17) is 23.2 Å². The zero-order chi connectivity index (χ0) is 16.7. The first-order valence-electron chi connectivity index (χ1n) is 6.66. The normalized spacial score (nSPS) is 11.0. The fourth-order valence-corrected chi connectivity index (χ4v) is 2.70. The molecule has 6 nitrogen and oxygen atoms in total. The molecule has 1 N–H and O–H groups in total. The molecule has 0 aliphatic carbocycles. The van der Waals surface area contributed by atoms with Gasteiger partial charge in [0.25, 0.3) is 5.91 Å². The Morgan fingerprint density at radius 1 is 1.13 bits per heavy atom. The summed E-state index contributed by atoms with van der Waals surface area (Å²) >= 11 is 11.9. The van der Waals surface area contributed by atoms with Crippen LogP contribution in [0.2, 0.25) is 10.0 Å². The second kappa shape index (κ2) is 5.72. The van der Waals surface area contributed by atoms with Crippen LogP contribution in [0.1, 0.15) is 10.4 Å². The third-order valence-electron chi connectivity index (χ3n) is 3.61. The van der Waals surface area contributed by atoms with Gasteiger partial charge in [0, 0.05) is 32.2 Å². The molecule has 1 amide bonds. The molecule has 0 atom stereocenters. The van der Waals surface area contributed by atoms with E-state index in [2.05, 4.69) is 10.3 Å². The second-order valence-electron chi connectivity index (χ2n) is 5.04. The fourth-order valence-electron chi connectivity index (χ4n) is 2.36. The van der Waals surface area contributed by atoms with Crippen molar-refractivity contribution >= 4 is 45.8 Å². The highest BCUT2D eigenvalue weighted by molar-refractivity contribution is 6.44. The molecule has 0 spiro atoms. The molecule has 0 saturated heterocycles. The van der Waals surface area contributed by atoms with Gasteiger partial charge < -0.3 is 5.32 Å². The monoisotopic (exact) mass is 350 g/mol. The minimum Gasteiger partial charge on any atom is -0.322 e. The van der Waals surface area contributed by atoms with Crippen molar-refractivity contribution in [2.75, 3.05) is 5.32 Å². The van der Waals surface area contributed by atoms with Gasteiger partial charge in [-0.3, -0.25) is 18.9 Å². The molecule has 118 valence electrons.